The summed E-state index contributed by atoms with van der Waals surface area (Å²) in [5.41, 5.74) is 2.73. The number of nitrogens with one attached hydrogen (secondary N) is 1. The van der Waals surface area contributed by atoms with Crippen molar-refractivity contribution in [3.63, 3.8) is 0 Å². The number of pyridine rings is 1. The lowest BCUT2D eigenvalue weighted by molar-refractivity contribution is -0.0171. The summed E-state index contributed by atoms with van der Waals surface area (Å²) >= 11 is 0. The molecule has 182 valence electrons. The minimum atomic E-state index is -0.544. The van der Waals surface area contributed by atoms with Gasteiger partial charge in [-0.15, -0.1) is 0 Å². The first kappa shape index (κ1) is 24.2. The second-order valence-corrected chi connectivity index (χ2v) is 10.2. The Morgan fingerprint density at radius 2 is 2.03 bits per heavy atom. The first-order valence-electron chi connectivity index (χ1n) is 12.0. The molecule has 0 aromatic carbocycles. The summed E-state index contributed by atoms with van der Waals surface area (Å²) in [4.78, 5) is 24.9. The molecule has 1 amide bonds. The quantitative estimate of drug-likeness (QED) is 0.603. The number of aromatic amines is 1. The number of hydrogen-bond donors (Lipinski definition) is 1. The second kappa shape index (κ2) is 9.74. The van der Waals surface area contributed by atoms with E-state index in [9.17, 15) is 9.18 Å². The van der Waals surface area contributed by atoms with Gasteiger partial charge in [0.2, 0.25) is 0 Å². The number of rotatable bonds is 3. The van der Waals surface area contributed by atoms with Crippen LogP contribution < -0.4 is 0 Å². The number of aromatic nitrogens is 2. The van der Waals surface area contributed by atoms with Gasteiger partial charge in [0.25, 0.3) is 0 Å². The maximum atomic E-state index is 14.1. The summed E-state index contributed by atoms with van der Waals surface area (Å²) in [6, 6.07) is 2.01. The lowest BCUT2D eigenvalue weighted by Crippen LogP contribution is -2.54. The van der Waals surface area contributed by atoms with E-state index in [0.717, 1.165) is 55.4 Å². The Morgan fingerprint density at radius 1 is 1.29 bits per heavy atom. The van der Waals surface area contributed by atoms with E-state index in [-0.39, 0.29) is 18.1 Å². The normalized spacial score (nSPS) is 21.8. The van der Waals surface area contributed by atoms with Gasteiger partial charge in [-0.2, -0.15) is 0 Å². The maximum absolute atomic E-state index is 14.1. The van der Waals surface area contributed by atoms with Crippen molar-refractivity contribution >= 4 is 23.2 Å². The highest BCUT2D eigenvalue weighted by Crippen LogP contribution is 2.33. The van der Waals surface area contributed by atoms with Crippen LogP contribution in [0.2, 0.25) is 0 Å². The van der Waals surface area contributed by atoms with E-state index in [1.165, 1.54) is 6.20 Å². The van der Waals surface area contributed by atoms with Crippen LogP contribution in [0.1, 0.15) is 63.6 Å². The zero-order valence-corrected chi connectivity index (χ0v) is 20.4. The van der Waals surface area contributed by atoms with Crippen LogP contribution in [0, 0.1) is 5.82 Å². The van der Waals surface area contributed by atoms with Gasteiger partial charge in [-0.1, -0.05) is 37.0 Å². The summed E-state index contributed by atoms with van der Waals surface area (Å²) in [5.74, 6) is -0.0323. The minimum absolute atomic E-state index is 0.0500. The number of carbonyl (C=O) groups excluding carboxylic acids is 1. The molecule has 7 heteroatoms. The van der Waals surface area contributed by atoms with Gasteiger partial charge in [-0.05, 0) is 52.5 Å². The number of hydrogen-bond acceptors (Lipinski definition) is 4. The molecule has 6 nitrogen and oxygen atoms in total. The van der Waals surface area contributed by atoms with Gasteiger partial charge in [0.05, 0.1) is 12.4 Å². The van der Waals surface area contributed by atoms with Gasteiger partial charge in [0, 0.05) is 42.2 Å². The Hall–Kier alpha value is -2.93. The van der Waals surface area contributed by atoms with Crippen LogP contribution >= 0.6 is 0 Å². The second-order valence-electron chi connectivity index (χ2n) is 10.2. The number of halogens is 1. The highest BCUT2D eigenvalue weighted by Gasteiger charge is 2.34. The molecule has 0 aliphatic carbocycles. The van der Waals surface area contributed by atoms with E-state index in [1.807, 2.05) is 31.7 Å². The van der Waals surface area contributed by atoms with Crippen LogP contribution in [0.3, 0.4) is 0 Å². The molecule has 34 heavy (non-hydrogen) atoms. The number of H-pyrrole nitrogens is 1. The summed E-state index contributed by atoms with van der Waals surface area (Å²) < 4.78 is 19.9. The van der Waals surface area contributed by atoms with E-state index >= 15 is 0 Å². The van der Waals surface area contributed by atoms with Crippen molar-refractivity contribution in [1.29, 1.82) is 0 Å². The lowest BCUT2D eigenvalue weighted by atomic mass is 9.92. The highest BCUT2D eigenvalue weighted by molar-refractivity contribution is 5.86. The molecule has 1 fully saturated rings. The van der Waals surface area contributed by atoms with Crippen molar-refractivity contribution in [3.05, 3.63) is 60.2 Å². The summed E-state index contributed by atoms with van der Waals surface area (Å²) in [6.45, 7) is 15.8. The molecule has 0 spiro atoms. The van der Waals surface area contributed by atoms with Crippen molar-refractivity contribution < 1.29 is 13.9 Å². The Labute approximate surface area is 201 Å². The fourth-order valence-electron chi connectivity index (χ4n) is 4.89. The highest BCUT2D eigenvalue weighted by atomic mass is 19.1. The van der Waals surface area contributed by atoms with E-state index in [4.69, 9.17) is 4.74 Å². The topological polar surface area (TPSA) is 61.5 Å². The van der Waals surface area contributed by atoms with E-state index in [0.29, 0.717) is 23.7 Å². The molecule has 2 aromatic rings. The third kappa shape index (κ3) is 5.25. The number of ether oxygens (including phenoxy) is 1. The number of amides is 1. The molecule has 0 radical (unpaired) electrons. The van der Waals surface area contributed by atoms with Gasteiger partial charge in [0.15, 0.2) is 0 Å². The predicted molar refractivity (Wildman–Crippen MR) is 134 cm³/mol. The first-order chi connectivity index (χ1) is 16.2. The van der Waals surface area contributed by atoms with Crippen LogP contribution in [0.25, 0.3) is 17.1 Å². The van der Waals surface area contributed by atoms with Crippen molar-refractivity contribution in [3.8, 4) is 0 Å². The Bertz CT molecular complexity index is 1110. The molecule has 2 aromatic heterocycles. The molecule has 0 bridgehead atoms. The van der Waals surface area contributed by atoms with Crippen molar-refractivity contribution in [2.45, 2.75) is 64.1 Å². The van der Waals surface area contributed by atoms with Crippen LogP contribution in [-0.2, 0) is 4.74 Å². The molecule has 1 unspecified atom stereocenters. The van der Waals surface area contributed by atoms with Crippen molar-refractivity contribution in [2.75, 3.05) is 19.6 Å². The molecule has 2 aliphatic heterocycles. The fraction of sp³-hybridized carbons (Fsp3) is 0.481. The number of likely N-dealkylation sites (tertiary alicyclic amines) is 1. The summed E-state index contributed by atoms with van der Waals surface area (Å²) in [5, 5.41) is 0.772. The average molecular weight is 467 g/mol. The molecule has 0 saturated carbocycles. The Balaban J connectivity index is 1.50. The molecule has 1 atom stereocenters. The lowest BCUT2D eigenvalue weighted by Gasteiger charge is -2.43. The van der Waals surface area contributed by atoms with Crippen LogP contribution in [0.4, 0.5) is 9.18 Å². The predicted octanol–water partition coefficient (Wildman–Crippen LogP) is 5.99. The zero-order valence-electron chi connectivity index (χ0n) is 20.4. The van der Waals surface area contributed by atoms with E-state index in [2.05, 4.69) is 40.2 Å². The zero-order chi connectivity index (χ0) is 24.5. The summed E-state index contributed by atoms with van der Waals surface area (Å²) in [6.07, 6.45) is 9.99. The molecule has 1 N–H and O–H groups in total. The van der Waals surface area contributed by atoms with Crippen molar-refractivity contribution in [2.24, 2.45) is 0 Å². The van der Waals surface area contributed by atoms with Gasteiger partial charge in [-0.3, -0.25) is 9.80 Å². The Morgan fingerprint density at radius 3 is 2.71 bits per heavy atom. The van der Waals surface area contributed by atoms with Crippen molar-refractivity contribution in [1.82, 2.24) is 19.8 Å². The fourth-order valence-corrected chi connectivity index (χ4v) is 4.89. The van der Waals surface area contributed by atoms with Gasteiger partial charge >= 0.3 is 6.09 Å². The van der Waals surface area contributed by atoms with Crippen LogP contribution in [0.5, 0.6) is 0 Å². The van der Waals surface area contributed by atoms with Gasteiger partial charge in [-0.25, -0.2) is 14.2 Å². The average Bonchev–Trinajstić information content (AvgIpc) is 3.19. The monoisotopic (exact) mass is 466 g/mol. The smallest absolute Gasteiger partial charge is 0.411 e. The number of nitrogens with zero attached hydrogens (tertiary/aromatic N) is 3. The number of allylic oxidation sites excluding steroid dienone is 1. The molecule has 4 heterocycles. The molecular formula is C27H35FN4O2. The molecule has 1 saturated heterocycles. The number of fused-ring (bicyclic) bond motifs is 1. The van der Waals surface area contributed by atoms with Gasteiger partial charge in [0.1, 0.15) is 17.1 Å². The standard InChI is InChI=1S/C27H35FN4O2/c1-6-20-21-16-23(30-25(21)29-17-22(20)28)19-11-13-31(14-12-19)24-9-7-8-18(2)10-15-32(24)26(33)34-27(3,4)5/h6-8,16-17,19,24H,1-2,9-15H2,3-5H3,(H,29,30)/b8-7-. The third-order valence-electron chi connectivity index (χ3n) is 6.63. The molecular weight excluding hydrogens is 431 g/mol. The van der Waals surface area contributed by atoms with Crippen LogP contribution in [0.15, 0.2) is 43.1 Å². The van der Waals surface area contributed by atoms with Gasteiger partial charge < -0.3 is 9.72 Å². The number of carbonyl (C=O) groups is 1. The minimum Gasteiger partial charge on any atom is -0.444 e. The molecule has 2 aliphatic rings. The maximum Gasteiger partial charge on any atom is 0.411 e. The largest absolute Gasteiger partial charge is 0.444 e. The molecule has 4 rings (SSSR count). The summed E-state index contributed by atoms with van der Waals surface area (Å²) in [7, 11) is 0. The SMILES string of the molecule is C=Cc1c(F)cnc2[nH]c(C3CCN(C4C/C=C\C(=C)CCN4C(=O)OC(C)(C)C)CC3)cc12. The first-order valence-corrected chi connectivity index (χ1v) is 12.0. The third-order valence-corrected chi connectivity index (χ3v) is 6.63. The number of piperidine rings is 1. The van der Waals surface area contributed by atoms with Crippen LogP contribution in [-0.4, -0.2) is 57.3 Å². The van der Waals surface area contributed by atoms with E-state index in [1.54, 1.807) is 6.08 Å². The Kier molecular flexibility index (Phi) is 6.94. The van der Waals surface area contributed by atoms with E-state index < -0.39 is 5.60 Å².